The first-order valence-electron chi connectivity index (χ1n) is 10.2. The number of halogens is 1. The van der Waals surface area contributed by atoms with Crippen molar-refractivity contribution in [2.45, 2.75) is 39.8 Å². The van der Waals surface area contributed by atoms with E-state index in [1.807, 2.05) is 24.8 Å². The number of aromatic nitrogens is 1. The summed E-state index contributed by atoms with van der Waals surface area (Å²) in [4.78, 5) is 31.2. The molecule has 0 aliphatic carbocycles. The average Bonchev–Trinajstić information content (AvgIpc) is 3.34. The highest BCUT2D eigenvalue weighted by atomic mass is 32.1. The molecule has 0 radical (unpaired) electrons. The van der Waals surface area contributed by atoms with Gasteiger partial charge in [0.05, 0.1) is 16.7 Å². The van der Waals surface area contributed by atoms with Gasteiger partial charge in [-0.3, -0.25) is 14.5 Å². The van der Waals surface area contributed by atoms with Crippen LogP contribution in [-0.4, -0.2) is 51.9 Å². The summed E-state index contributed by atoms with van der Waals surface area (Å²) in [6, 6.07) is 6.77. The Morgan fingerprint density at radius 2 is 2.07 bits per heavy atom. The van der Waals surface area contributed by atoms with Gasteiger partial charge in [0.2, 0.25) is 5.91 Å². The number of nitrogens with zero attached hydrogens (tertiary/aromatic N) is 3. The second kappa shape index (κ2) is 9.66. The minimum atomic E-state index is -0.250. The number of hydrogen-bond acceptors (Lipinski definition) is 5. The molecule has 0 unspecified atom stereocenters. The van der Waals surface area contributed by atoms with Crippen LogP contribution >= 0.6 is 11.3 Å². The Labute approximate surface area is 180 Å². The predicted octanol–water partition coefficient (Wildman–Crippen LogP) is 3.64. The number of hydrogen-bond donors (Lipinski definition) is 1. The van der Waals surface area contributed by atoms with Crippen molar-refractivity contribution in [3.8, 4) is 0 Å². The number of thiazole rings is 1. The van der Waals surface area contributed by atoms with E-state index in [0.717, 1.165) is 42.4 Å². The molecule has 4 rings (SSSR count). The minimum Gasteiger partial charge on any atom is -0.483 e. The number of carbonyl (C=O) groups excluding carboxylic acids is 1. The molecule has 1 aromatic carbocycles. The molecule has 0 saturated carbocycles. The monoisotopic (exact) mass is 433 g/mol. The quantitative estimate of drug-likeness (QED) is 0.746. The van der Waals surface area contributed by atoms with Gasteiger partial charge in [-0.1, -0.05) is 19.1 Å². The van der Waals surface area contributed by atoms with Crippen LogP contribution in [0.4, 0.5) is 4.39 Å². The van der Waals surface area contributed by atoms with Gasteiger partial charge in [-0.25, -0.2) is 9.37 Å². The normalized spacial score (nSPS) is 23.1. The van der Waals surface area contributed by atoms with Crippen LogP contribution in [0.5, 0.6) is 0 Å². The maximum atomic E-state index is 13.9. The molecule has 2 aromatic rings. The van der Waals surface area contributed by atoms with Crippen LogP contribution in [0.15, 0.2) is 24.3 Å². The van der Waals surface area contributed by atoms with Crippen LogP contribution in [0.1, 0.15) is 40.5 Å². The number of carboxylic acid groups (broad SMARTS) is 1. The molecule has 0 bridgehead atoms. The maximum Gasteiger partial charge on any atom is 0.290 e. The van der Waals surface area contributed by atoms with Gasteiger partial charge in [0, 0.05) is 43.4 Å². The Kier molecular flexibility index (Phi) is 7.20. The third-order valence-corrected chi connectivity index (χ3v) is 6.98. The zero-order valence-corrected chi connectivity index (χ0v) is 18.4. The van der Waals surface area contributed by atoms with Gasteiger partial charge in [-0.2, -0.15) is 0 Å². The van der Waals surface area contributed by atoms with E-state index >= 15 is 0 Å². The van der Waals surface area contributed by atoms with Gasteiger partial charge in [-0.05, 0) is 37.5 Å². The summed E-state index contributed by atoms with van der Waals surface area (Å²) >= 11 is 1.77. The fourth-order valence-electron chi connectivity index (χ4n) is 4.77. The highest BCUT2D eigenvalue weighted by Crippen LogP contribution is 2.45. The summed E-state index contributed by atoms with van der Waals surface area (Å²) in [6.45, 7) is 9.40. The topological polar surface area (TPSA) is 73.7 Å². The number of fused-ring (bicyclic) bond motifs is 1. The molecule has 2 fully saturated rings. The van der Waals surface area contributed by atoms with Crippen molar-refractivity contribution >= 4 is 23.7 Å². The van der Waals surface area contributed by atoms with Crippen molar-refractivity contribution in [3.63, 3.8) is 0 Å². The SMILES string of the molecule is CCC(=O)N1C[C@@H]2CN(Cc3sc(C)nc3C)C[C@@H]2[C@H]1c1cccc(F)c1.O=CO. The molecule has 2 aliphatic rings. The van der Waals surface area contributed by atoms with Crippen LogP contribution in [0.2, 0.25) is 0 Å². The van der Waals surface area contributed by atoms with Crippen LogP contribution < -0.4 is 0 Å². The fourth-order valence-corrected chi connectivity index (χ4v) is 5.75. The molecule has 3 heterocycles. The van der Waals surface area contributed by atoms with E-state index in [9.17, 15) is 9.18 Å². The Balaban J connectivity index is 0.000000806. The highest BCUT2D eigenvalue weighted by molar-refractivity contribution is 7.11. The first-order valence-corrected chi connectivity index (χ1v) is 11.0. The Bertz CT molecular complexity index is 904. The molecule has 0 spiro atoms. The summed E-state index contributed by atoms with van der Waals surface area (Å²) in [5.74, 6) is 0.740. The Hall–Kier alpha value is -2.32. The lowest BCUT2D eigenvalue weighted by molar-refractivity contribution is -0.132. The largest absolute Gasteiger partial charge is 0.483 e. The molecule has 30 heavy (non-hydrogen) atoms. The third kappa shape index (κ3) is 4.70. The van der Waals surface area contributed by atoms with Crippen molar-refractivity contribution in [2.24, 2.45) is 11.8 Å². The number of rotatable bonds is 4. The van der Waals surface area contributed by atoms with Crippen LogP contribution in [0.3, 0.4) is 0 Å². The van der Waals surface area contributed by atoms with Gasteiger partial charge >= 0.3 is 0 Å². The lowest BCUT2D eigenvalue weighted by Gasteiger charge is -2.30. The highest BCUT2D eigenvalue weighted by Gasteiger charge is 2.48. The average molecular weight is 434 g/mol. The summed E-state index contributed by atoms with van der Waals surface area (Å²) in [5, 5.41) is 8.00. The molecule has 2 aliphatic heterocycles. The van der Waals surface area contributed by atoms with Crippen molar-refractivity contribution in [1.82, 2.24) is 14.8 Å². The number of benzene rings is 1. The predicted molar refractivity (Wildman–Crippen MR) is 114 cm³/mol. The van der Waals surface area contributed by atoms with Crippen molar-refractivity contribution in [3.05, 3.63) is 51.2 Å². The summed E-state index contributed by atoms with van der Waals surface area (Å²) < 4.78 is 13.9. The first-order chi connectivity index (χ1) is 14.4. The van der Waals surface area contributed by atoms with Crippen LogP contribution in [0.25, 0.3) is 0 Å². The molecule has 2 saturated heterocycles. The molecule has 162 valence electrons. The summed E-state index contributed by atoms with van der Waals surface area (Å²) in [5.41, 5.74) is 2.05. The molecule has 1 aromatic heterocycles. The molecule has 1 amide bonds. The van der Waals surface area contributed by atoms with Gasteiger partial charge in [0.25, 0.3) is 6.47 Å². The van der Waals surface area contributed by atoms with Crippen LogP contribution in [0, 0.1) is 31.5 Å². The molecule has 8 heteroatoms. The summed E-state index contributed by atoms with van der Waals surface area (Å²) in [7, 11) is 0. The van der Waals surface area contributed by atoms with Crippen LogP contribution in [-0.2, 0) is 16.1 Å². The fraction of sp³-hybridized carbons (Fsp3) is 0.500. The second-order valence-corrected chi connectivity index (χ2v) is 9.15. The number of carbonyl (C=O) groups is 2. The van der Waals surface area contributed by atoms with E-state index in [4.69, 9.17) is 9.90 Å². The molecule has 6 nitrogen and oxygen atoms in total. The Morgan fingerprint density at radius 3 is 2.67 bits per heavy atom. The lowest BCUT2D eigenvalue weighted by Crippen LogP contribution is -2.35. The van der Waals surface area contributed by atoms with E-state index in [1.165, 1.54) is 10.9 Å². The van der Waals surface area contributed by atoms with E-state index in [0.29, 0.717) is 18.3 Å². The zero-order valence-electron chi connectivity index (χ0n) is 17.5. The molecule has 1 N–H and O–H groups in total. The molecular formula is C22H28FN3O3S. The Morgan fingerprint density at radius 1 is 1.33 bits per heavy atom. The van der Waals surface area contributed by atoms with Crippen molar-refractivity contribution in [1.29, 1.82) is 0 Å². The number of amides is 1. The van der Waals surface area contributed by atoms with Crippen molar-refractivity contribution < 1.29 is 19.1 Å². The second-order valence-electron chi connectivity index (χ2n) is 7.86. The van der Waals surface area contributed by atoms with E-state index < -0.39 is 0 Å². The number of likely N-dealkylation sites (tertiary alicyclic amines) is 2. The van der Waals surface area contributed by atoms with Crippen molar-refractivity contribution in [2.75, 3.05) is 19.6 Å². The zero-order chi connectivity index (χ0) is 21.8. The molecular weight excluding hydrogens is 405 g/mol. The molecule has 3 atom stereocenters. The first kappa shape index (κ1) is 22.4. The third-order valence-electron chi connectivity index (χ3n) is 5.92. The van der Waals surface area contributed by atoms with Gasteiger partial charge < -0.3 is 10.0 Å². The summed E-state index contributed by atoms with van der Waals surface area (Å²) in [6.07, 6.45) is 0.494. The lowest BCUT2D eigenvalue weighted by atomic mass is 9.89. The van der Waals surface area contributed by atoms with E-state index in [2.05, 4.69) is 16.8 Å². The smallest absolute Gasteiger partial charge is 0.290 e. The van der Waals surface area contributed by atoms with Gasteiger partial charge in [-0.15, -0.1) is 11.3 Å². The number of aryl methyl sites for hydroxylation is 2. The van der Waals surface area contributed by atoms with E-state index in [-0.39, 0.29) is 24.2 Å². The standard InChI is InChI=1S/C21H26FN3OS.CH2O2/c1-4-20(26)25-10-16-9-24(12-19-13(2)23-14(3)27-19)11-18(16)21(25)15-6-5-7-17(22)8-15;2-1-3/h5-8,16,18,21H,4,9-12H2,1-3H3;1H,(H,2,3)/t16-,18-,21+;/m0./s1. The maximum absolute atomic E-state index is 13.9. The van der Waals surface area contributed by atoms with Gasteiger partial charge in [0.1, 0.15) is 5.82 Å². The minimum absolute atomic E-state index is 0.0209. The van der Waals surface area contributed by atoms with Gasteiger partial charge in [0.15, 0.2) is 0 Å². The van der Waals surface area contributed by atoms with E-state index in [1.54, 1.807) is 23.5 Å².